The van der Waals surface area contributed by atoms with Gasteiger partial charge in [0, 0.05) is 82.8 Å². The van der Waals surface area contributed by atoms with E-state index in [1.54, 1.807) is 65.3 Å². The van der Waals surface area contributed by atoms with Gasteiger partial charge in [0.1, 0.15) is 28.7 Å². The van der Waals surface area contributed by atoms with E-state index < -0.39 is 11.7 Å². The third-order valence-electron chi connectivity index (χ3n) is 10.9. The molecule has 0 aliphatic rings. The topological polar surface area (TPSA) is 159 Å². The van der Waals surface area contributed by atoms with Crippen LogP contribution in [0.2, 0.25) is 0 Å². The summed E-state index contributed by atoms with van der Waals surface area (Å²) in [5.74, 6) is 0.832. The molecule has 0 heterocycles. The molecule has 0 saturated heterocycles. The van der Waals surface area contributed by atoms with Crippen LogP contribution in [-0.4, -0.2) is 86.9 Å². The van der Waals surface area contributed by atoms with Crippen LogP contribution in [0, 0.1) is 0 Å². The number of phenols is 2. The molecule has 2 N–H and O–H groups in total. The summed E-state index contributed by atoms with van der Waals surface area (Å²) in [6.07, 6.45) is 11.3. The quantitative estimate of drug-likeness (QED) is 0.0418. The molecule has 66 heavy (non-hydrogen) atoms. The van der Waals surface area contributed by atoms with Crippen molar-refractivity contribution in [3.8, 4) is 11.5 Å². The maximum absolute atomic E-state index is 12.7. The van der Waals surface area contributed by atoms with Crippen molar-refractivity contribution in [2.24, 2.45) is 0 Å². The Kier molecular flexibility index (Phi) is 24.8. The van der Waals surface area contributed by atoms with Gasteiger partial charge >= 0.3 is 6.09 Å². The van der Waals surface area contributed by atoms with Crippen molar-refractivity contribution in [3.63, 3.8) is 0 Å². The van der Waals surface area contributed by atoms with Crippen LogP contribution in [0.25, 0.3) is 0 Å². The number of hydrogen-bond donors (Lipinski definition) is 2. The highest BCUT2D eigenvalue weighted by molar-refractivity contribution is 5.96. The second kappa shape index (κ2) is 30.2. The van der Waals surface area contributed by atoms with Gasteiger partial charge in [-0.3, -0.25) is 24.0 Å². The van der Waals surface area contributed by atoms with E-state index in [4.69, 9.17) is 4.74 Å². The van der Waals surface area contributed by atoms with Crippen LogP contribution in [0.15, 0.2) is 109 Å². The molecule has 4 rings (SSSR count). The summed E-state index contributed by atoms with van der Waals surface area (Å²) in [6, 6.07) is 32.0. The number of nitrogens with zero attached hydrogens (tertiary/aromatic N) is 2. The molecule has 0 unspecified atom stereocenters. The molecular weight excluding hydrogens is 833 g/mol. The maximum atomic E-state index is 12.7. The molecule has 356 valence electrons. The van der Waals surface area contributed by atoms with Gasteiger partial charge in [-0.25, -0.2) is 4.79 Å². The summed E-state index contributed by atoms with van der Waals surface area (Å²) >= 11 is 0. The average Bonchev–Trinajstić information content (AvgIpc) is 3.29. The molecule has 0 saturated carbocycles. The van der Waals surface area contributed by atoms with Gasteiger partial charge < -0.3 is 24.7 Å². The number of ketones is 4. The lowest BCUT2D eigenvalue weighted by atomic mass is 10.0. The van der Waals surface area contributed by atoms with E-state index in [0.29, 0.717) is 51.9 Å². The Balaban J connectivity index is 0.000000353. The SMILES string of the molecule is CC(=O)N(CCCCCCCC(=O)c1ccccc1)CCC(=O)Cc1ccc(O)cc1.CC(C)(C)OC(=O)N(CCCCCCCC(=O)c1ccccc1)CCC(=O)Cc1ccc(O)cc1. The van der Waals surface area contributed by atoms with Gasteiger partial charge in [-0.2, -0.15) is 0 Å². The van der Waals surface area contributed by atoms with Crippen LogP contribution in [0.4, 0.5) is 4.79 Å². The second-order valence-electron chi connectivity index (χ2n) is 17.9. The smallest absolute Gasteiger partial charge is 0.410 e. The van der Waals surface area contributed by atoms with Gasteiger partial charge in [-0.15, -0.1) is 0 Å². The van der Waals surface area contributed by atoms with Gasteiger partial charge in [0.05, 0.1) is 0 Å². The number of Topliss-reactive ketones (excluding diaryl/α,β-unsaturated/α-hetero) is 4. The molecule has 0 aliphatic carbocycles. The van der Waals surface area contributed by atoms with Crippen LogP contribution in [0.1, 0.15) is 149 Å². The fourth-order valence-electron chi connectivity index (χ4n) is 7.20. The Morgan fingerprint density at radius 3 is 1.21 bits per heavy atom. The molecule has 4 aromatic carbocycles. The third-order valence-corrected chi connectivity index (χ3v) is 10.9. The molecule has 11 heteroatoms. The lowest BCUT2D eigenvalue weighted by molar-refractivity contribution is -0.129. The predicted molar refractivity (Wildman–Crippen MR) is 260 cm³/mol. The van der Waals surface area contributed by atoms with Crippen molar-refractivity contribution in [3.05, 3.63) is 131 Å². The largest absolute Gasteiger partial charge is 0.508 e. The number of hydrogen-bond acceptors (Lipinski definition) is 9. The molecule has 2 amide bonds. The maximum Gasteiger partial charge on any atom is 0.410 e. The summed E-state index contributed by atoms with van der Waals surface area (Å²) in [6.45, 7) is 8.98. The molecule has 0 bridgehead atoms. The minimum absolute atomic E-state index is 0.00843. The van der Waals surface area contributed by atoms with Gasteiger partial charge in [0.2, 0.25) is 5.91 Å². The van der Waals surface area contributed by atoms with Gasteiger partial charge in [0.25, 0.3) is 0 Å². The fourth-order valence-corrected chi connectivity index (χ4v) is 7.20. The monoisotopic (exact) mass is 905 g/mol. The van der Waals surface area contributed by atoms with E-state index in [1.165, 1.54) is 0 Å². The molecule has 0 aliphatic heterocycles. The van der Waals surface area contributed by atoms with Crippen LogP contribution in [0.3, 0.4) is 0 Å². The van der Waals surface area contributed by atoms with Crippen LogP contribution < -0.4 is 0 Å². The Labute approximate surface area is 392 Å². The standard InChI is InChI=1S/C29H39NO5.C26H33NO4/c1-29(2,3)35-28(34)30(21-19-26(32)22-23-15-17-25(31)18-16-23)20-11-6-4-5-10-14-27(33)24-12-8-7-9-13-24;1-21(28)27(19-17-25(30)20-22-13-15-24(29)16-14-22)18-9-4-2-3-8-12-26(31)23-10-6-5-7-11-23/h7-9,12-13,15-18,31H,4-6,10-11,14,19-22H2,1-3H3;5-7,10-11,13-16,29H,2-4,8-9,12,17-20H2,1H3. The fraction of sp³-hybridized carbons (Fsp3) is 0.455. The number of ether oxygens (including phenoxy) is 1. The highest BCUT2D eigenvalue weighted by atomic mass is 16.6. The first kappa shape index (κ1) is 54.2. The summed E-state index contributed by atoms with van der Waals surface area (Å²) in [5, 5.41) is 18.7. The normalized spacial score (nSPS) is 10.9. The minimum atomic E-state index is -0.601. The van der Waals surface area contributed by atoms with Crippen LogP contribution in [0.5, 0.6) is 11.5 Å². The number of unbranched alkanes of at least 4 members (excludes halogenated alkanes) is 8. The Morgan fingerprint density at radius 1 is 0.455 bits per heavy atom. The zero-order valence-electron chi connectivity index (χ0n) is 39.7. The first-order valence-electron chi connectivity index (χ1n) is 23.6. The predicted octanol–water partition coefficient (Wildman–Crippen LogP) is 11.3. The van der Waals surface area contributed by atoms with Crippen LogP contribution in [-0.2, 0) is 32.0 Å². The Bertz CT molecular complexity index is 2060. The summed E-state index contributed by atoms with van der Waals surface area (Å²) in [4.78, 5) is 76.8. The number of amides is 2. The van der Waals surface area contributed by atoms with Crippen molar-refractivity contribution >= 4 is 35.1 Å². The highest BCUT2D eigenvalue weighted by Crippen LogP contribution is 2.17. The third kappa shape index (κ3) is 23.7. The summed E-state index contributed by atoms with van der Waals surface area (Å²) < 4.78 is 5.54. The van der Waals surface area contributed by atoms with Crippen LogP contribution >= 0.6 is 0 Å². The number of carbonyl (C=O) groups is 6. The molecule has 0 aromatic heterocycles. The highest BCUT2D eigenvalue weighted by Gasteiger charge is 2.22. The molecular formula is C55H72N2O9. The second-order valence-corrected chi connectivity index (χ2v) is 17.9. The first-order valence-corrected chi connectivity index (χ1v) is 23.6. The number of rotatable bonds is 28. The molecule has 11 nitrogen and oxygen atoms in total. The summed E-state index contributed by atoms with van der Waals surface area (Å²) in [5.41, 5.74) is 2.64. The molecule has 0 atom stereocenters. The van der Waals surface area contributed by atoms with E-state index in [9.17, 15) is 39.0 Å². The number of benzene rings is 4. The Morgan fingerprint density at radius 2 is 0.818 bits per heavy atom. The van der Waals surface area contributed by atoms with E-state index in [2.05, 4.69) is 0 Å². The Hall–Kier alpha value is -6.10. The molecule has 0 radical (unpaired) electrons. The molecule has 0 spiro atoms. The lowest BCUT2D eigenvalue weighted by Crippen LogP contribution is -2.38. The number of carbonyl (C=O) groups excluding carboxylic acids is 6. The van der Waals surface area contributed by atoms with Crippen molar-refractivity contribution in [2.45, 2.75) is 136 Å². The van der Waals surface area contributed by atoms with Crippen molar-refractivity contribution in [2.75, 3.05) is 26.2 Å². The lowest BCUT2D eigenvalue weighted by Gasteiger charge is -2.27. The zero-order valence-corrected chi connectivity index (χ0v) is 39.7. The van der Waals surface area contributed by atoms with Crippen molar-refractivity contribution < 1.29 is 43.7 Å². The van der Waals surface area contributed by atoms with Gasteiger partial charge in [0.15, 0.2) is 11.6 Å². The summed E-state index contributed by atoms with van der Waals surface area (Å²) in [7, 11) is 0. The van der Waals surface area contributed by atoms with E-state index in [-0.39, 0.29) is 53.4 Å². The van der Waals surface area contributed by atoms with Gasteiger partial charge in [-0.1, -0.05) is 123 Å². The minimum Gasteiger partial charge on any atom is -0.508 e. The molecule has 0 fully saturated rings. The zero-order chi connectivity index (χ0) is 48.2. The van der Waals surface area contributed by atoms with Gasteiger partial charge in [-0.05, 0) is 81.8 Å². The first-order chi connectivity index (χ1) is 31.6. The number of aromatic hydroxyl groups is 2. The average molecular weight is 905 g/mol. The van der Waals surface area contributed by atoms with E-state index >= 15 is 0 Å². The number of phenolic OH excluding ortho intramolecular Hbond substituents is 2. The van der Waals surface area contributed by atoms with Crippen molar-refractivity contribution in [1.29, 1.82) is 0 Å². The van der Waals surface area contributed by atoms with E-state index in [0.717, 1.165) is 86.5 Å². The molecule has 4 aromatic rings. The van der Waals surface area contributed by atoms with E-state index in [1.807, 2.05) is 81.4 Å². The van der Waals surface area contributed by atoms with Crippen molar-refractivity contribution in [1.82, 2.24) is 9.80 Å².